The molecule has 1 aliphatic rings. The molecule has 0 radical (unpaired) electrons. The van der Waals surface area contributed by atoms with Crippen molar-refractivity contribution in [2.24, 2.45) is 0 Å². The zero-order valence-electron chi connectivity index (χ0n) is 16.0. The standard InChI is InChI=1S/C21H28N2O2.ClH/c1-16(18-5-9-20(24-3)10-6-18)22-13-14-23(15-22)17(2)19-7-11-21(25-4)12-8-19;/h5-12,16-17H,13-15H2,1-4H3;1H. The predicted octanol–water partition coefficient (Wildman–Crippen LogP) is -0.312. The number of nitrogens with one attached hydrogen (secondary N) is 1. The average Bonchev–Trinajstić information content (AvgIpc) is 3.17. The van der Waals surface area contributed by atoms with E-state index in [-0.39, 0.29) is 12.4 Å². The van der Waals surface area contributed by atoms with Crippen LogP contribution in [0.25, 0.3) is 0 Å². The van der Waals surface area contributed by atoms with Crippen LogP contribution in [-0.2, 0) is 0 Å². The number of methoxy groups -OCH3 is 2. The predicted molar refractivity (Wildman–Crippen MR) is 100 cm³/mol. The first kappa shape index (κ1) is 20.6. The van der Waals surface area contributed by atoms with E-state index < -0.39 is 0 Å². The maximum atomic E-state index is 5.26. The normalized spacial score (nSPS) is 19.5. The van der Waals surface area contributed by atoms with Gasteiger partial charge in [-0.3, -0.25) is 0 Å². The number of benzene rings is 2. The van der Waals surface area contributed by atoms with Gasteiger partial charge in [0.1, 0.15) is 24.2 Å². The third-order valence-corrected chi connectivity index (χ3v) is 5.50. The molecule has 142 valence electrons. The van der Waals surface area contributed by atoms with E-state index in [0.717, 1.165) is 24.7 Å². The number of hydrogen-bond acceptors (Lipinski definition) is 3. The van der Waals surface area contributed by atoms with Crippen molar-refractivity contribution in [3.8, 4) is 11.5 Å². The SMILES string of the molecule is COc1ccc(C(C)N2CC[NH+](C(C)c3ccc(OC)cc3)C2)cc1.[Cl-]. The van der Waals surface area contributed by atoms with Crippen LogP contribution in [0.4, 0.5) is 0 Å². The molecule has 0 amide bonds. The third-order valence-electron chi connectivity index (χ3n) is 5.50. The minimum atomic E-state index is 0. The highest BCUT2D eigenvalue weighted by Crippen LogP contribution is 2.23. The van der Waals surface area contributed by atoms with Gasteiger partial charge in [-0.2, -0.15) is 0 Å². The molecule has 3 rings (SSSR count). The fourth-order valence-corrected chi connectivity index (χ4v) is 3.61. The van der Waals surface area contributed by atoms with E-state index in [2.05, 4.69) is 55.1 Å². The Kier molecular flexibility index (Phi) is 7.33. The van der Waals surface area contributed by atoms with E-state index in [9.17, 15) is 0 Å². The fourth-order valence-electron chi connectivity index (χ4n) is 3.61. The summed E-state index contributed by atoms with van der Waals surface area (Å²) in [5, 5.41) is 0. The Morgan fingerprint density at radius 2 is 1.35 bits per heavy atom. The number of nitrogens with zero attached hydrogens (tertiary/aromatic N) is 1. The molecule has 26 heavy (non-hydrogen) atoms. The van der Waals surface area contributed by atoms with Crippen molar-refractivity contribution in [1.82, 2.24) is 4.90 Å². The Morgan fingerprint density at radius 1 is 0.846 bits per heavy atom. The molecule has 5 heteroatoms. The van der Waals surface area contributed by atoms with Gasteiger partial charge in [0.2, 0.25) is 0 Å². The molecule has 3 atom stereocenters. The third kappa shape index (κ3) is 4.50. The Hall–Kier alpha value is -1.75. The first-order valence-electron chi connectivity index (χ1n) is 8.99. The molecule has 0 aliphatic carbocycles. The lowest BCUT2D eigenvalue weighted by Crippen LogP contribution is -3.10. The summed E-state index contributed by atoms with van der Waals surface area (Å²) in [4.78, 5) is 4.18. The second kappa shape index (κ2) is 9.26. The second-order valence-corrected chi connectivity index (χ2v) is 6.82. The van der Waals surface area contributed by atoms with Gasteiger partial charge in [0, 0.05) is 11.6 Å². The minimum absolute atomic E-state index is 0. The number of rotatable bonds is 6. The Bertz CT molecular complexity index is 616. The van der Waals surface area contributed by atoms with E-state index in [4.69, 9.17) is 9.47 Å². The number of quaternary nitrogens is 1. The quantitative estimate of drug-likeness (QED) is 0.749. The van der Waals surface area contributed by atoms with E-state index >= 15 is 0 Å². The van der Waals surface area contributed by atoms with Gasteiger partial charge >= 0.3 is 0 Å². The molecular formula is C21H29ClN2O2. The summed E-state index contributed by atoms with van der Waals surface area (Å²) in [5.74, 6) is 1.83. The molecular weight excluding hydrogens is 348 g/mol. The molecule has 0 bridgehead atoms. The van der Waals surface area contributed by atoms with Gasteiger partial charge in [0.15, 0.2) is 0 Å². The van der Waals surface area contributed by atoms with Gasteiger partial charge in [-0.1, -0.05) is 12.1 Å². The largest absolute Gasteiger partial charge is 1.00 e. The van der Waals surface area contributed by atoms with Crippen LogP contribution in [0.5, 0.6) is 11.5 Å². The van der Waals surface area contributed by atoms with Crippen molar-refractivity contribution < 1.29 is 26.8 Å². The van der Waals surface area contributed by atoms with Crippen molar-refractivity contribution in [2.75, 3.05) is 34.0 Å². The highest BCUT2D eigenvalue weighted by molar-refractivity contribution is 5.29. The highest BCUT2D eigenvalue weighted by atomic mass is 35.5. The molecule has 0 saturated carbocycles. The minimum Gasteiger partial charge on any atom is -1.00 e. The molecule has 2 aromatic carbocycles. The summed E-state index contributed by atoms with van der Waals surface area (Å²) in [6.45, 7) is 7.98. The maximum absolute atomic E-state index is 5.26. The fraction of sp³-hybridized carbons (Fsp3) is 0.429. The lowest BCUT2D eigenvalue weighted by molar-refractivity contribution is -0.922. The molecule has 1 heterocycles. The molecule has 2 aromatic rings. The van der Waals surface area contributed by atoms with Crippen LogP contribution in [0.15, 0.2) is 48.5 Å². The highest BCUT2D eigenvalue weighted by Gasteiger charge is 2.31. The zero-order valence-corrected chi connectivity index (χ0v) is 16.8. The van der Waals surface area contributed by atoms with E-state index in [0.29, 0.717) is 12.1 Å². The summed E-state index contributed by atoms with van der Waals surface area (Å²) in [6.07, 6.45) is 0. The van der Waals surface area contributed by atoms with Gasteiger partial charge in [0.05, 0.1) is 27.3 Å². The molecule has 3 unspecified atom stereocenters. The number of halogens is 1. The van der Waals surface area contributed by atoms with Crippen molar-refractivity contribution >= 4 is 0 Å². The van der Waals surface area contributed by atoms with Gasteiger partial charge < -0.3 is 26.8 Å². The Morgan fingerprint density at radius 3 is 1.85 bits per heavy atom. The van der Waals surface area contributed by atoms with Crippen molar-refractivity contribution in [2.45, 2.75) is 25.9 Å². The number of ether oxygens (including phenoxy) is 2. The molecule has 0 aromatic heterocycles. The van der Waals surface area contributed by atoms with E-state index in [1.54, 1.807) is 19.1 Å². The summed E-state index contributed by atoms with van der Waals surface area (Å²) >= 11 is 0. The van der Waals surface area contributed by atoms with Crippen LogP contribution < -0.4 is 26.8 Å². The lowest BCUT2D eigenvalue weighted by Gasteiger charge is -2.25. The molecule has 1 saturated heterocycles. The van der Waals surface area contributed by atoms with Gasteiger partial charge in [0.25, 0.3) is 0 Å². The van der Waals surface area contributed by atoms with Crippen LogP contribution in [-0.4, -0.2) is 38.9 Å². The first-order valence-corrected chi connectivity index (χ1v) is 8.99. The van der Waals surface area contributed by atoms with Crippen LogP contribution in [0, 0.1) is 0 Å². The van der Waals surface area contributed by atoms with E-state index in [1.807, 2.05) is 12.1 Å². The topological polar surface area (TPSA) is 26.1 Å². The summed E-state index contributed by atoms with van der Waals surface area (Å²) < 4.78 is 10.5. The maximum Gasteiger partial charge on any atom is 0.134 e. The van der Waals surface area contributed by atoms with E-state index in [1.165, 1.54) is 17.7 Å². The Labute approximate surface area is 163 Å². The molecule has 0 spiro atoms. The average molecular weight is 377 g/mol. The molecule has 1 fully saturated rings. The van der Waals surface area contributed by atoms with Crippen molar-refractivity contribution in [3.63, 3.8) is 0 Å². The molecule has 1 aliphatic heterocycles. The molecule has 1 N–H and O–H groups in total. The van der Waals surface area contributed by atoms with Crippen LogP contribution in [0.3, 0.4) is 0 Å². The van der Waals surface area contributed by atoms with Crippen molar-refractivity contribution in [3.05, 3.63) is 59.7 Å². The zero-order chi connectivity index (χ0) is 17.8. The first-order chi connectivity index (χ1) is 12.1. The lowest BCUT2D eigenvalue weighted by atomic mass is 10.1. The monoisotopic (exact) mass is 376 g/mol. The number of hydrogen-bond donors (Lipinski definition) is 1. The van der Waals surface area contributed by atoms with Crippen LogP contribution in [0.2, 0.25) is 0 Å². The summed E-state index contributed by atoms with van der Waals surface area (Å²) in [6, 6.07) is 17.8. The van der Waals surface area contributed by atoms with Crippen LogP contribution >= 0.6 is 0 Å². The second-order valence-electron chi connectivity index (χ2n) is 6.82. The smallest absolute Gasteiger partial charge is 0.134 e. The summed E-state index contributed by atoms with van der Waals surface area (Å²) in [5.41, 5.74) is 2.72. The molecule has 4 nitrogen and oxygen atoms in total. The van der Waals surface area contributed by atoms with Gasteiger partial charge in [-0.25, -0.2) is 4.90 Å². The van der Waals surface area contributed by atoms with Gasteiger partial charge in [-0.15, -0.1) is 0 Å². The van der Waals surface area contributed by atoms with Crippen LogP contribution in [0.1, 0.15) is 37.1 Å². The summed E-state index contributed by atoms with van der Waals surface area (Å²) in [7, 11) is 3.42. The van der Waals surface area contributed by atoms with Crippen molar-refractivity contribution in [1.29, 1.82) is 0 Å². The van der Waals surface area contributed by atoms with Gasteiger partial charge in [-0.05, 0) is 55.8 Å². The Balaban J connectivity index is 0.00000243.